The van der Waals surface area contributed by atoms with E-state index in [1.807, 2.05) is 11.8 Å². The van der Waals surface area contributed by atoms with Gasteiger partial charge >= 0.3 is 0 Å². The van der Waals surface area contributed by atoms with Gasteiger partial charge in [0.05, 0.1) is 0 Å². The van der Waals surface area contributed by atoms with Crippen LogP contribution in [-0.2, 0) is 0 Å². The first-order valence-corrected chi connectivity index (χ1v) is 7.29. The molecule has 0 spiro atoms. The molecular weight excluding hydrogens is 204 g/mol. The van der Waals surface area contributed by atoms with Crippen molar-refractivity contribution in [2.75, 3.05) is 25.9 Å². The smallest absolute Gasteiger partial charge is 0.0252 e. The predicted octanol–water partition coefficient (Wildman–Crippen LogP) is 2.20. The van der Waals surface area contributed by atoms with Gasteiger partial charge in [0.2, 0.25) is 0 Å². The van der Waals surface area contributed by atoms with Gasteiger partial charge in [0.1, 0.15) is 0 Å². The molecule has 0 aromatic carbocycles. The van der Waals surface area contributed by atoms with Gasteiger partial charge in [-0.05, 0) is 26.5 Å². The minimum Gasteiger partial charge on any atom is -0.309 e. The van der Waals surface area contributed by atoms with Gasteiger partial charge in [-0.2, -0.15) is 11.8 Å². The third-order valence-corrected chi connectivity index (χ3v) is 4.25. The largest absolute Gasteiger partial charge is 0.309 e. The Morgan fingerprint density at radius 1 is 1.53 bits per heavy atom. The molecular formula is C12H26N2S. The van der Waals surface area contributed by atoms with E-state index in [4.69, 9.17) is 0 Å². The molecule has 0 bridgehead atoms. The van der Waals surface area contributed by atoms with Crippen molar-refractivity contribution in [1.82, 2.24) is 10.2 Å². The summed E-state index contributed by atoms with van der Waals surface area (Å²) in [5.41, 5.74) is 0.282. The Morgan fingerprint density at radius 2 is 2.20 bits per heavy atom. The first-order chi connectivity index (χ1) is 6.98. The Bertz CT molecular complexity index is 194. The minimum absolute atomic E-state index is 0.282. The lowest BCUT2D eigenvalue weighted by Gasteiger charge is -2.45. The molecule has 3 heteroatoms. The van der Waals surface area contributed by atoms with E-state index in [-0.39, 0.29) is 5.54 Å². The molecule has 2 unspecified atom stereocenters. The minimum atomic E-state index is 0.282. The van der Waals surface area contributed by atoms with Crippen LogP contribution < -0.4 is 5.32 Å². The number of nitrogens with zero attached hydrogens (tertiary/aromatic N) is 1. The Kier molecular flexibility index (Phi) is 4.94. The maximum Gasteiger partial charge on any atom is 0.0252 e. The van der Waals surface area contributed by atoms with Crippen LogP contribution in [0.2, 0.25) is 0 Å². The first-order valence-electron chi connectivity index (χ1n) is 6.00. The van der Waals surface area contributed by atoms with Crippen LogP contribution in [0.5, 0.6) is 0 Å². The van der Waals surface area contributed by atoms with E-state index in [1.54, 1.807) is 0 Å². The molecule has 0 saturated carbocycles. The second-order valence-electron chi connectivity index (χ2n) is 5.30. The lowest BCUT2D eigenvalue weighted by Crippen LogP contribution is -2.62. The molecule has 0 amide bonds. The lowest BCUT2D eigenvalue weighted by molar-refractivity contribution is 0.0943. The van der Waals surface area contributed by atoms with Crippen LogP contribution in [0.1, 0.15) is 34.1 Å². The molecule has 0 aromatic rings. The highest BCUT2D eigenvalue weighted by Gasteiger charge is 2.31. The molecule has 0 radical (unpaired) electrons. The molecule has 1 N–H and O–H groups in total. The molecule has 1 heterocycles. The first kappa shape index (κ1) is 13.3. The molecule has 90 valence electrons. The van der Waals surface area contributed by atoms with Crippen LogP contribution in [-0.4, -0.2) is 47.6 Å². The number of piperazine rings is 1. The van der Waals surface area contributed by atoms with E-state index in [9.17, 15) is 0 Å². The zero-order valence-electron chi connectivity index (χ0n) is 10.8. The summed E-state index contributed by atoms with van der Waals surface area (Å²) in [6.45, 7) is 12.8. The molecule has 2 nitrogen and oxygen atoms in total. The van der Waals surface area contributed by atoms with E-state index < -0.39 is 0 Å². The molecule has 1 saturated heterocycles. The second-order valence-corrected chi connectivity index (χ2v) is 6.58. The van der Waals surface area contributed by atoms with Gasteiger partial charge in [0, 0.05) is 36.5 Å². The number of rotatable bonds is 4. The number of thioether (sulfide) groups is 1. The van der Waals surface area contributed by atoms with Crippen molar-refractivity contribution in [3.8, 4) is 0 Å². The number of nitrogens with one attached hydrogen (secondary N) is 1. The van der Waals surface area contributed by atoms with Crippen molar-refractivity contribution >= 4 is 11.8 Å². The normalized spacial score (nSPS) is 29.0. The van der Waals surface area contributed by atoms with Crippen LogP contribution in [0.15, 0.2) is 0 Å². The van der Waals surface area contributed by atoms with E-state index in [0.29, 0.717) is 0 Å². The van der Waals surface area contributed by atoms with Gasteiger partial charge in [-0.1, -0.05) is 13.8 Å². The highest BCUT2D eigenvalue weighted by atomic mass is 32.2. The molecule has 1 rings (SSSR count). The van der Waals surface area contributed by atoms with Crippen molar-refractivity contribution in [2.45, 2.75) is 50.9 Å². The molecule has 0 aliphatic carbocycles. The lowest BCUT2D eigenvalue weighted by atomic mass is 9.97. The Labute approximate surface area is 99.2 Å². The monoisotopic (exact) mass is 230 g/mol. The standard InChI is InChI=1S/C12H26N2S/c1-6-11-7-13-12(3,4)9-14(11)8-10(2)15-5/h10-11,13H,6-9H2,1-5H3. The summed E-state index contributed by atoms with van der Waals surface area (Å²) in [5.74, 6) is 0. The van der Waals surface area contributed by atoms with E-state index in [1.165, 1.54) is 19.5 Å². The van der Waals surface area contributed by atoms with Crippen molar-refractivity contribution in [3.63, 3.8) is 0 Å². The zero-order chi connectivity index (χ0) is 11.5. The number of hydrogen-bond donors (Lipinski definition) is 1. The summed E-state index contributed by atoms with van der Waals surface area (Å²) in [7, 11) is 0. The van der Waals surface area contributed by atoms with Crippen LogP contribution in [0.3, 0.4) is 0 Å². The Morgan fingerprint density at radius 3 is 2.73 bits per heavy atom. The average molecular weight is 230 g/mol. The van der Waals surface area contributed by atoms with E-state index in [0.717, 1.165) is 17.8 Å². The van der Waals surface area contributed by atoms with Gasteiger partial charge < -0.3 is 5.32 Å². The summed E-state index contributed by atoms with van der Waals surface area (Å²) in [5, 5.41) is 4.38. The Hall–Kier alpha value is 0.270. The van der Waals surface area contributed by atoms with Crippen LogP contribution in [0, 0.1) is 0 Å². The topological polar surface area (TPSA) is 15.3 Å². The zero-order valence-corrected chi connectivity index (χ0v) is 11.7. The van der Waals surface area contributed by atoms with Crippen molar-refractivity contribution in [2.24, 2.45) is 0 Å². The molecule has 1 aliphatic heterocycles. The third kappa shape index (κ3) is 3.97. The fourth-order valence-electron chi connectivity index (χ4n) is 2.24. The van der Waals surface area contributed by atoms with Gasteiger partial charge in [-0.15, -0.1) is 0 Å². The Balaban J connectivity index is 2.55. The van der Waals surface area contributed by atoms with Crippen molar-refractivity contribution in [1.29, 1.82) is 0 Å². The molecule has 2 atom stereocenters. The van der Waals surface area contributed by atoms with E-state index >= 15 is 0 Å². The second kappa shape index (κ2) is 5.55. The predicted molar refractivity (Wildman–Crippen MR) is 70.7 cm³/mol. The summed E-state index contributed by atoms with van der Waals surface area (Å²) in [4.78, 5) is 2.66. The van der Waals surface area contributed by atoms with Gasteiger partial charge in [-0.3, -0.25) is 4.90 Å². The van der Waals surface area contributed by atoms with Crippen LogP contribution >= 0.6 is 11.8 Å². The number of hydrogen-bond acceptors (Lipinski definition) is 3. The molecule has 0 aromatic heterocycles. The maximum atomic E-state index is 3.63. The summed E-state index contributed by atoms with van der Waals surface area (Å²) >= 11 is 1.97. The quantitative estimate of drug-likeness (QED) is 0.797. The highest BCUT2D eigenvalue weighted by molar-refractivity contribution is 7.99. The SMILES string of the molecule is CCC1CNC(C)(C)CN1CC(C)SC. The fraction of sp³-hybridized carbons (Fsp3) is 1.00. The third-order valence-electron chi connectivity index (χ3n) is 3.30. The molecule has 15 heavy (non-hydrogen) atoms. The summed E-state index contributed by atoms with van der Waals surface area (Å²) < 4.78 is 0. The molecule has 1 aliphatic rings. The van der Waals surface area contributed by atoms with Gasteiger partial charge in [-0.25, -0.2) is 0 Å². The molecule has 1 fully saturated rings. The highest BCUT2D eigenvalue weighted by Crippen LogP contribution is 2.19. The average Bonchev–Trinajstić information content (AvgIpc) is 2.17. The van der Waals surface area contributed by atoms with E-state index in [2.05, 4.69) is 44.2 Å². The van der Waals surface area contributed by atoms with Crippen LogP contribution in [0.4, 0.5) is 0 Å². The maximum absolute atomic E-state index is 3.63. The van der Waals surface area contributed by atoms with Crippen molar-refractivity contribution in [3.05, 3.63) is 0 Å². The summed E-state index contributed by atoms with van der Waals surface area (Å²) in [6.07, 6.45) is 3.46. The van der Waals surface area contributed by atoms with Gasteiger partial charge in [0.15, 0.2) is 0 Å². The summed E-state index contributed by atoms with van der Waals surface area (Å²) in [6, 6.07) is 0.729. The van der Waals surface area contributed by atoms with Crippen LogP contribution in [0.25, 0.3) is 0 Å². The fourth-order valence-corrected chi connectivity index (χ4v) is 2.58. The van der Waals surface area contributed by atoms with Crippen molar-refractivity contribution < 1.29 is 0 Å². The van der Waals surface area contributed by atoms with Gasteiger partial charge in [0.25, 0.3) is 0 Å².